The molecular weight excluding hydrogens is 412 g/mol. The lowest BCUT2D eigenvalue weighted by Gasteiger charge is -2.11. The number of rotatable bonds is 9. The first-order valence-electron chi connectivity index (χ1n) is 9.88. The maximum Gasteiger partial charge on any atom is 0.230 e. The van der Waals surface area contributed by atoms with Crippen molar-refractivity contribution in [2.75, 3.05) is 5.75 Å². The number of benzene rings is 2. The first kappa shape index (κ1) is 20.7. The van der Waals surface area contributed by atoms with Crippen molar-refractivity contribution < 1.29 is 14.3 Å². The summed E-state index contributed by atoms with van der Waals surface area (Å²) in [4.78, 5) is 12.3. The lowest BCUT2D eigenvalue weighted by molar-refractivity contribution is -0.118. The van der Waals surface area contributed by atoms with Crippen molar-refractivity contribution in [1.82, 2.24) is 20.1 Å². The summed E-state index contributed by atoms with van der Waals surface area (Å²) in [5.41, 5.74) is 1.80. The Kier molecular flexibility index (Phi) is 6.68. The van der Waals surface area contributed by atoms with Crippen LogP contribution in [0.5, 0.6) is 5.75 Å². The largest absolute Gasteiger partial charge is 0.507 e. The maximum atomic E-state index is 12.3. The molecule has 0 aliphatic heterocycles. The molecule has 8 heteroatoms. The molecule has 0 fully saturated rings. The fraction of sp³-hybridized carbons (Fsp3) is 0.174. The Morgan fingerprint density at radius 2 is 1.84 bits per heavy atom. The molecule has 0 spiro atoms. The van der Waals surface area contributed by atoms with Crippen LogP contribution in [-0.4, -0.2) is 31.5 Å². The van der Waals surface area contributed by atoms with E-state index in [0.29, 0.717) is 35.4 Å². The van der Waals surface area contributed by atoms with Gasteiger partial charge in [0.15, 0.2) is 11.0 Å². The van der Waals surface area contributed by atoms with Crippen molar-refractivity contribution in [1.29, 1.82) is 0 Å². The number of nitrogens with one attached hydrogen (secondary N) is 1. The quantitative estimate of drug-likeness (QED) is 0.388. The Bertz CT molecular complexity index is 1130. The molecule has 4 aromatic rings. The van der Waals surface area contributed by atoms with Crippen LogP contribution < -0.4 is 5.32 Å². The molecule has 31 heavy (non-hydrogen) atoms. The van der Waals surface area contributed by atoms with Crippen molar-refractivity contribution in [3.8, 4) is 17.1 Å². The summed E-state index contributed by atoms with van der Waals surface area (Å²) in [5.74, 6) is 1.50. The van der Waals surface area contributed by atoms with Gasteiger partial charge in [-0.1, -0.05) is 54.2 Å². The molecule has 0 bridgehead atoms. The van der Waals surface area contributed by atoms with E-state index in [4.69, 9.17) is 4.42 Å². The Balaban J connectivity index is 1.49. The van der Waals surface area contributed by atoms with E-state index in [1.807, 2.05) is 41.0 Å². The van der Waals surface area contributed by atoms with Crippen molar-refractivity contribution in [2.24, 2.45) is 0 Å². The zero-order valence-corrected chi connectivity index (χ0v) is 17.6. The van der Waals surface area contributed by atoms with E-state index in [1.54, 1.807) is 24.5 Å². The zero-order chi connectivity index (χ0) is 21.5. The molecule has 7 nitrogen and oxygen atoms in total. The van der Waals surface area contributed by atoms with Crippen molar-refractivity contribution in [3.05, 3.63) is 84.3 Å². The third-order valence-electron chi connectivity index (χ3n) is 4.70. The fourth-order valence-electron chi connectivity index (χ4n) is 3.12. The van der Waals surface area contributed by atoms with Crippen LogP contribution in [-0.2, 0) is 24.3 Å². The molecule has 2 aromatic carbocycles. The summed E-state index contributed by atoms with van der Waals surface area (Å²) in [6.45, 7) is 0.966. The van der Waals surface area contributed by atoms with Crippen LogP contribution >= 0.6 is 11.8 Å². The number of thioether (sulfide) groups is 1. The van der Waals surface area contributed by atoms with Crippen molar-refractivity contribution in [3.63, 3.8) is 0 Å². The number of aromatic hydroxyl groups is 1. The predicted octanol–water partition coefficient (Wildman–Crippen LogP) is 3.89. The minimum atomic E-state index is -0.122. The van der Waals surface area contributed by atoms with Gasteiger partial charge in [0.1, 0.15) is 11.5 Å². The summed E-state index contributed by atoms with van der Waals surface area (Å²) >= 11 is 1.31. The first-order valence-corrected chi connectivity index (χ1v) is 10.9. The topological polar surface area (TPSA) is 93.2 Å². The molecule has 2 N–H and O–H groups in total. The molecule has 0 atom stereocenters. The second-order valence-electron chi connectivity index (χ2n) is 6.86. The number of hydrogen-bond donors (Lipinski definition) is 2. The molecule has 158 valence electrons. The Morgan fingerprint density at radius 1 is 1.03 bits per heavy atom. The van der Waals surface area contributed by atoms with Gasteiger partial charge in [0, 0.05) is 6.54 Å². The van der Waals surface area contributed by atoms with Gasteiger partial charge >= 0.3 is 0 Å². The first-order chi connectivity index (χ1) is 15.2. The number of phenolic OH excluding ortho intramolecular Hbond substituents is 1. The Labute approximate surface area is 184 Å². The van der Waals surface area contributed by atoms with E-state index in [2.05, 4.69) is 27.6 Å². The number of carbonyl (C=O) groups is 1. The van der Waals surface area contributed by atoms with Gasteiger partial charge in [-0.15, -0.1) is 10.2 Å². The summed E-state index contributed by atoms with van der Waals surface area (Å²) in [6, 6.07) is 20.8. The fourth-order valence-corrected chi connectivity index (χ4v) is 3.92. The number of hydrogen-bond acceptors (Lipinski definition) is 6. The van der Waals surface area contributed by atoms with Gasteiger partial charge in [-0.05, 0) is 36.2 Å². The van der Waals surface area contributed by atoms with E-state index < -0.39 is 0 Å². The number of aromatic nitrogens is 3. The molecule has 2 heterocycles. The minimum absolute atomic E-state index is 0.122. The minimum Gasteiger partial charge on any atom is -0.507 e. The average Bonchev–Trinajstić information content (AvgIpc) is 3.46. The van der Waals surface area contributed by atoms with Gasteiger partial charge in [-0.25, -0.2) is 0 Å². The number of aryl methyl sites for hydroxylation is 1. The van der Waals surface area contributed by atoms with E-state index in [1.165, 1.54) is 17.3 Å². The second-order valence-corrected chi connectivity index (χ2v) is 7.80. The summed E-state index contributed by atoms with van der Waals surface area (Å²) in [5, 5.41) is 22.4. The van der Waals surface area contributed by atoms with Crippen LogP contribution in [0.3, 0.4) is 0 Å². The summed E-state index contributed by atoms with van der Waals surface area (Å²) in [6.07, 6.45) is 2.35. The van der Waals surface area contributed by atoms with Gasteiger partial charge in [-0.3, -0.25) is 4.79 Å². The van der Waals surface area contributed by atoms with Crippen molar-refractivity contribution >= 4 is 17.7 Å². The Hall–Kier alpha value is -3.52. The lowest BCUT2D eigenvalue weighted by Crippen LogP contribution is -2.24. The Morgan fingerprint density at radius 3 is 2.61 bits per heavy atom. The van der Waals surface area contributed by atoms with Crippen LogP contribution in [0.15, 0.2) is 82.6 Å². The molecular formula is C23H22N4O3S. The molecule has 0 saturated heterocycles. The van der Waals surface area contributed by atoms with E-state index >= 15 is 0 Å². The molecule has 4 rings (SSSR count). The van der Waals surface area contributed by atoms with Gasteiger partial charge in [0.05, 0.1) is 24.1 Å². The van der Waals surface area contributed by atoms with Crippen LogP contribution in [0.4, 0.5) is 0 Å². The van der Waals surface area contributed by atoms with Gasteiger partial charge in [0.2, 0.25) is 5.91 Å². The molecule has 0 saturated carbocycles. The number of carbonyl (C=O) groups excluding carboxylic acids is 1. The molecule has 1 amide bonds. The van der Waals surface area contributed by atoms with E-state index in [9.17, 15) is 9.90 Å². The maximum absolute atomic E-state index is 12.3. The van der Waals surface area contributed by atoms with E-state index in [0.717, 1.165) is 6.42 Å². The highest BCUT2D eigenvalue weighted by Crippen LogP contribution is 2.30. The standard InChI is InChI=1S/C23H22N4O3S/c28-20-11-5-4-10-19(20)22-25-26-23(27(22)13-12-17-7-2-1-3-8-17)31-16-21(29)24-15-18-9-6-14-30-18/h1-11,14,28H,12-13,15-16H2,(H,24,29). The lowest BCUT2D eigenvalue weighted by atomic mass is 10.1. The predicted molar refractivity (Wildman–Crippen MR) is 119 cm³/mol. The highest BCUT2D eigenvalue weighted by molar-refractivity contribution is 7.99. The summed E-state index contributed by atoms with van der Waals surface area (Å²) < 4.78 is 7.18. The van der Waals surface area contributed by atoms with Crippen LogP contribution in [0.25, 0.3) is 11.4 Å². The van der Waals surface area contributed by atoms with Crippen molar-refractivity contribution in [2.45, 2.75) is 24.7 Å². The third-order valence-corrected chi connectivity index (χ3v) is 5.67. The molecule has 0 aliphatic carbocycles. The highest BCUT2D eigenvalue weighted by Gasteiger charge is 2.18. The zero-order valence-electron chi connectivity index (χ0n) is 16.8. The van der Waals surface area contributed by atoms with E-state index in [-0.39, 0.29) is 17.4 Å². The monoisotopic (exact) mass is 434 g/mol. The van der Waals surface area contributed by atoms with Gasteiger partial charge in [-0.2, -0.15) is 0 Å². The number of nitrogens with zero attached hydrogens (tertiary/aromatic N) is 3. The molecule has 2 aromatic heterocycles. The average molecular weight is 435 g/mol. The smallest absolute Gasteiger partial charge is 0.230 e. The number of amides is 1. The SMILES string of the molecule is O=C(CSc1nnc(-c2ccccc2O)n1CCc1ccccc1)NCc1ccco1. The normalized spacial score (nSPS) is 10.8. The summed E-state index contributed by atoms with van der Waals surface area (Å²) in [7, 11) is 0. The number of furan rings is 1. The molecule has 0 unspecified atom stereocenters. The van der Waals surface area contributed by atoms with Crippen LogP contribution in [0.1, 0.15) is 11.3 Å². The highest BCUT2D eigenvalue weighted by atomic mass is 32.2. The number of para-hydroxylation sites is 1. The van der Waals surface area contributed by atoms with Crippen LogP contribution in [0, 0.1) is 0 Å². The van der Waals surface area contributed by atoms with Crippen LogP contribution in [0.2, 0.25) is 0 Å². The van der Waals surface area contributed by atoms with Gasteiger partial charge < -0.3 is 19.4 Å². The molecule has 0 aliphatic rings. The second kappa shape index (κ2) is 9.99. The van der Waals surface area contributed by atoms with Gasteiger partial charge in [0.25, 0.3) is 0 Å². The molecule has 0 radical (unpaired) electrons. The third kappa shape index (κ3) is 5.35. The number of phenols is 1.